The number of Topliss-reactive ketones (excluding diaryl/α,β-unsaturated/α-hetero) is 1. The molecule has 1 aromatic rings. The number of nitrogens with two attached hydrogens (primary N) is 1. The topological polar surface area (TPSA) is 60.2 Å². The molecule has 2 N–H and O–H groups in total. The molecule has 0 aromatic heterocycles. The number of hydrogen-bond donors (Lipinski definition) is 1. The lowest BCUT2D eigenvalue weighted by molar-refractivity contribution is -0.119. The monoisotopic (exact) mass is 205 g/mol. The molecule has 15 heavy (non-hydrogen) atoms. The fraction of sp³-hybridized carbons (Fsp3) is 0.333. The van der Waals surface area contributed by atoms with Crippen LogP contribution in [0.1, 0.15) is 31.2 Å². The second kappa shape index (κ2) is 5.29. The number of carbonyl (C=O) groups excluding carboxylic acids is 2. The zero-order chi connectivity index (χ0) is 11.3. The maximum Gasteiger partial charge on any atom is 0.217 e. The van der Waals surface area contributed by atoms with Crippen LogP contribution in [0.4, 0.5) is 0 Å². The predicted molar refractivity (Wildman–Crippen MR) is 58.3 cm³/mol. The van der Waals surface area contributed by atoms with Gasteiger partial charge in [-0.05, 0) is 18.9 Å². The molecule has 0 aliphatic rings. The van der Waals surface area contributed by atoms with Crippen molar-refractivity contribution in [3.63, 3.8) is 0 Å². The molecule has 0 saturated heterocycles. The van der Waals surface area contributed by atoms with E-state index in [4.69, 9.17) is 5.73 Å². The molecule has 0 spiro atoms. The first-order chi connectivity index (χ1) is 7.11. The van der Waals surface area contributed by atoms with E-state index in [1.54, 1.807) is 6.92 Å². The predicted octanol–water partition coefficient (Wildman–Crippen LogP) is 1.62. The average molecular weight is 205 g/mol. The smallest absolute Gasteiger partial charge is 0.217 e. The van der Waals surface area contributed by atoms with E-state index in [0.29, 0.717) is 6.42 Å². The molecule has 1 rings (SSSR count). The van der Waals surface area contributed by atoms with Crippen molar-refractivity contribution in [3.8, 4) is 0 Å². The van der Waals surface area contributed by atoms with E-state index >= 15 is 0 Å². The Labute approximate surface area is 89.3 Å². The highest BCUT2D eigenvalue weighted by molar-refractivity contribution is 5.84. The summed E-state index contributed by atoms with van der Waals surface area (Å²) in [7, 11) is 0. The van der Waals surface area contributed by atoms with Gasteiger partial charge in [0.15, 0.2) is 0 Å². The van der Waals surface area contributed by atoms with E-state index in [2.05, 4.69) is 0 Å². The molecule has 80 valence electrons. The van der Waals surface area contributed by atoms with Gasteiger partial charge in [-0.25, -0.2) is 0 Å². The SMILES string of the molecule is CC(=O)[C@H](CCC(N)=O)c1ccccc1. The summed E-state index contributed by atoms with van der Waals surface area (Å²) < 4.78 is 0. The molecule has 1 atom stereocenters. The normalized spacial score (nSPS) is 12.1. The van der Waals surface area contributed by atoms with Gasteiger partial charge in [-0.15, -0.1) is 0 Å². The van der Waals surface area contributed by atoms with E-state index in [1.807, 2.05) is 30.3 Å². The zero-order valence-electron chi connectivity index (χ0n) is 8.77. The summed E-state index contributed by atoms with van der Waals surface area (Å²) in [6, 6.07) is 9.46. The molecule has 0 aliphatic heterocycles. The number of hydrogen-bond acceptors (Lipinski definition) is 2. The maximum atomic E-state index is 11.4. The van der Waals surface area contributed by atoms with Gasteiger partial charge in [0.25, 0.3) is 0 Å². The number of rotatable bonds is 5. The lowest BCUT2D eigenvalue weighted by Gasteiger charge is -2.12. The van der Waals surface area contributed by atoms with Crippen molar-refractivity contribution in [2.45, 2.75) is 25.7 Å². The molecular weight excluding hydrogens is 190 g/mol. The van der Waals surface area contributed by atoms with Crippen LogP contribution in [-0.2, 0) is 9.59 Å². The molecular formula is C12H15NO2. The highest BCUT2D eigenvalue weighted by Crippen LogP contribution is 2.21. The Kier molecular flexibility index (Phi) is 4.03. The van der Waals surface area contributed by atoms with Gasteiger partial charge in [0.05, 0.1) is 0 Å². The zero-order valence-corrected chi connectivity index (χ0v) is 8.77. The minimum Gasteiger partial charge on any atom is -0.370 e. The number of amides is 1. The summed E-state index contributed by atoms with van der Waals surface area (Å²) in [4.78, 5) is 22.1. The molecule has 0 saturated carbocycles. The van der Waals surface area contributed by atoms with Crippen molar-refractivity contribution in [1.82, 2.24) is 0 Å². The van der Waals surface area contributed by atoms with Crippen molar-refractivity contribution in [3.05, 3.63) is 35.9 Å². The van der Waals surface area contributed by atoms with E-state index in [9.17, 15) is 9.59 Å². The third-order valence-electron chi connectivity index (χ3n) is 2.37. The van der Waals surface area contributed by atoms with Crippen LogP contribution in [0, 0.1) is 0 Å². The van der Waals surface area contributed by atoms with Crippen molar-refractivity contribution < 1.29 is 9.59 Å². The Morgan fingerprint density at radius 1 is 1.27 bits per heavy atom. The van der Waals surface area contributed by atoms with Gasteiger partial charge in [-0.3, -0.25) is 9.59 Å². The first kappa shape index (κ1) is 11.4. The van der Waals surface area contributed by atoms with Crippen LogP contribution in [-0.4, -0.2) is 11.7 Å². The first-order valence-corrected chi connectivity index (χ1v) is 4.95. The highest BCUT2D eigenvalue weighted by atomic mass is 16.1. The molecule has 1 aromatic carbocycles. The van der Waals surface area contributed by atoms with Crippen LogP contribution in [0.25, 0.3) is 0 Å². The second-order valence-electron chi connectivity index (χ2n) is 3.58. The van der Waals surface area contributed by atoms with Crippen LogP contribution in [0.5, 0.6) is 0 Å². The van der Waals surface area contributed by atoms with Crippen LogP contribution in [0.2, 0.25) is 0 Å². The van der Waals surface area contributed by atoms with Crippen molar-refractivity contribution >= 4 is 11.7 Å². The van der Waals surface area contributed by atoms with Gasteiger partial charge < -0.3 is 5.73 Å². The molecule has 0 fully saturated rings. The Balaban J connectivity index is 2.75. The van der Waals surface area contributed by atoms with Crippen molar-refractivity contribution in [2.24, 2.45) is 5.73 Å². The molecule has 0 bridgehead atoms. The number of benzene rings is 1. The van der Waals surface area contributed by atoms with E-state index < -0.39 is 0 Å². The van der Waals surface area contributed by atoms with Crippen LogP contribution in [0.3, 0.4) is 0 Å². The van der Waals surface area contributed by atoms with Gasteiger partial charge in [-0.1, -0.05) is 30.3 Å². The summed E-state index contributed by atoms with van der Waals surface area (Å²) in [6.07, 6.45) is 0.744. The Morgan fingerprint density at radius 3 is 2.33 bits per heavy atom. The van der Waals surface area contributed by atoms with Gasteiger partial charge >= 0.3 is 0 Å². The molecule has 0 radical (unpaired) electrons. The maximum absolute atomic E-state index is 11.4. The van der Waals surface area contributed by atoms with Gasteiger partial charge in [0.1, 0.15) is 5.78 Å². The minimum atomic E-state index is -0.364. The third-order valence-corrected chi connectivity index (χ3v) is 2.37. The number of carbonyl (C=O) groups is 2. The molecule has 0 unspecified atom stereocenters. The second-order valence-corrected chi connectivity index (χ2v) is 3.58. The molecule has 1 amide bonds. The Bertz CT molecular complexity index is 346. The van der Waals surface area contributed by atoms with Crippen LogP contribution in [0.15, 0.2) is 30.3 Å². The van der Waals surface area contributed by atoms with E-state index in [1.165, 1.54) is 0 Å². The lowest BCUT2D eigenvalue weighted by Crippen LogP contribution is -2.15. The fourth-order valence-electron chi connectivity index (χ4n) is 1.58. The Hall–Kier alpha value is -1.64. The molecule has 0 aliphatic carbocycles. The lowest BCUT2D eigenvalue weighted by atomic mass is 9.91. The third kappa shape index (κ3) is 3.54. The fourth-order valence-corrected chi connectivity index (χ4v) is 1.58. The first-order valence-electron chi connectivity index (χ1n) is 4.95. The standard InChI is InChI=1S/C12H15NO2/c1-9(14)11(7-8-12(13)15)10-5-3-2-4-6-10/h2-6,11H,7-8H2,1H3,(H2,13,15)/t11-/m0/s1. The van der Waals surface area contributed by atoms with Crippen molar-refractivity contribution in [1.29, 1.82) is 0 Å². The Morgan fingerprint density at radius 2 is 1.87 bits per heavy atom. The van der Waals surface area contributed by atoms with E-state index in [0.717, 1.165) is 5.56 Å². The van der Waals surface area contributed by atoms with Crippen LogP contribution < -0.4 is 5.73 Å². The summed E-state index contributed by atoms with van der Waals surface area (Å²) >= 11 is 0. The molecule has 3 nitrogen and oxygen atoms in total. The van der Waals surface area contributed by atoms with Gasteiger partial charge in [-0.2, -0.15) is 0 Å². The van der Waals surface area contributed by atoms with Crippen molar-refractivity contribution in [2.75, 3.05) is 0 Å². The highest BCUT2D eigenvalue weighted by Gasteiger charge is 2.16. The summed E-state index contributed by atoms with van der Waals surface area (Å²) in [6.45, 7) is 1.54. The number of ketones is 1. The molecule has 0 heterocycles. The van der Waals surface area contributed by atoms with Gasteiger partial charge in [0.2, 0.25) is 5.91 Å². The van der Waals surface area contributed by atoms with E-state index in [-0.39, 0.29) is 24.0 Å². The number of primary amides is 1. The minimum absolute atomic E-state index is 0.0717. The van der Waals surface area contributed by atoms with Crippen LogP contribution >= 0.6 is 0 Å². The summed E-state index contributed by atoms with van der Waals surface area (Å²) in [5, 5.41) is 0. The average Bonchev–Trinajstić information content (AvgIpc) is 2.18. The summed E-state index contributed by atoms with van der Waals surface area (Å²) in [5.41, 5.74) is 6.02. The van der Waals surface area contributed by atoms with Gasteiger partial charge in [0, 0.05) is 12.3 Å². The largest absolute Gasteiger partial charge is 0.370 e. The quantitative estimate of drug-likeness (QED) is 0.794. The summed E-state index contributed by atoms with van der Waals surface area (Å²) in [5.74, 6) is -0.502. The molecule has 3 heteroatoms.